The van der Waals surface area contributed by atoms with Gasteiger partial charge in [-0.3, -0.25) is 4.99 Å². The Labute approximate surface area is 104 Å². The Balaban J connectivity index is 2.43. The molecule has 0 radical (unpaired) electrons. The topological polar surface area (TPSA) is 70.6 Å². The van der Waals surface area contributed by atoms with Crippen molar-refractivity contribution in [2.75, 3.05) is 31.1 Å². The summed E-state index contributed by atoms with van der Waals surface area (Å²) in [6.07, 6.45) is 1.79. The molecule has 0 bridgehead atoms. The van der Waals surface area contributed by atoms with Gasteiger partial charge >= 0.3 is 0 Å². The zero-order valence-corrected chi connectivity index (χ0v) is 11.5. The van der Waals surface area contributed by atoms with E-state index in [1.54, 1.807) is 0 Å². The van der Waals surface area contributed by atoms with Gasteiger partial charge < -0.3 is 10.6 Å². The summed E-state index contributed by atoms with van der Waals surface area (Å²) in [7, 11) is -2.78. The first kappa shape index (κ1) is 14.3. The Bertz CT molecular complexity index is 352. The number of rotatable bonds is 5. The standard InChI is InChI=1S/C11H23N3O2S/c1-3-6-13-11(12-4-2)14-8-10-5-7-17(15,16)9-10/h10H,3-9H2,1-2H3,(H2,12,13,14). The summed E-state index contributed by atoms with van der Waals surface area (Å²) in [5.74, 6) is 1.60. The summed E-state index contributed by atoms with van der Waals surface area (Å²) in [6.45, 7) is 6.41. The summed E-state index contributed by atoms with van der Waals surface area (Å²) in [4.78, 5) is 4.43. The van der Waals surface area contributed by atoms with Crippen molar-refractivity contribution in [1.82, 2.24) is 10.6 Å². The molecule has 17 heavy (non-hydrogen) atoms. The van der Waals surface area contributed by atoms with Crippen molar-refractivity contribution in [1.29, 1.82) is 0 Å². The highest BCUT2D eigenvalue weighted by molar-refractivity contribution is 7.91. The van der Waals surface area contributed by atoms with Crippen molar-refractivity contribution in [3.63, 3.8) is 0 Å². The lowest BCUT2D eigenvalue weighted by Crippen LogP contribution is -2.38. The lowest BCUT2D eigenvalue weighted by Gasteiger charge is -2.11. The van der Waals surface area contributed by atoms with Crippen molar-refractivity contribution in [3.05, 3.63) is 0 Å². The van der Waals surface area contributed by atoms with Gasteiger partial charge in [-0.05, 0) is 25.7 Å². The molecule has 0 aromatic rings. The van der Waals surface area contributed by atoms with Crippen molar-refractivity contribution in [3.8, 4) is 0 Å². The van der Waals surface area contributed by atoms with Crippen LogP contribution in [-0.4, -0.2) is 45.5 Å². The molecular weight excluding hydrogens is 238 g/mol. The van der Waals surface area contributed by atoms with Crippen LogP contribution >= 0.6 is 0 Å². The highest BCUT2D eigenvalue weighted by Crippen LogP contribution is 2.18. The average molecular weight is 261 g/mol. The molecule has 0 saturated carbocycles. The molecule has 6 heteroatoms. The van der Waals surface area contributed by atoms with E-state index in [0.29, 0.717) is 18.1 Å². The van der Waals surface area contributed by atoms with Crippen LogP contribution in [0.1, 0.15) is 26.7 Å². The minimum atomic E-state index is -2.78. The van der Waals surface area contributed by atoms with Gasteiger partial charge in [-0.25, -0.2) is 8.42 Å². The fourth-order valence-electron chi connectivity index (χ4n) is 1.82. The normalized spacial score (nSPS) is 23.6. The van der Waals surface area contributed by atoms with E-state index in [4.69, 9.17) is 0 Å². The molecule has 1 unspecified atom stereocenters. The summed E-state index contributed by atoms with van der Waals surface area (Å²) in [5.41, 5.74) is 0. The zero-order chi connectivity index (χ0) is 12.7. The number of sulfone groups is 1. The van der Waals surface area contributed by atoms with Crippen LogP contribution in [0.5, 0.6) is 0 Å². The molecule has 1 rings (SSSR count). The second kappa shape index (κ2) is 6.83. The van der Waals surface area contributed by atoms with Crippen LogP contribution in [0.25, 0.3) is 0 Å². The Morgan fingerprint density at radius 2 is 2.12 bits per heavy atom. The van der Waals surface area contributed by atoms with Gasteiger partial charge in [-0.2, -0.15) is 0 Å². The number of guanidine groups is 1. The van der Waals surface area contributed by atoms with Gasteiger partial charge in [-0.1, -0.05) is 6.92 Å². The van der Waals surface area contributed by atoms with Crippen molar-refractivity contribution >= 4 is 15.8 Å². The largest absolute Gasteiger partial charge is 0.357 e. The van der Waals surface area contributed by atoms with Crippen LogP contribution in [0, 0.1) is 5.92 Å². The van der Waals surface area contributed by atoms with Crippen LogP contribution < -0.4 is 10.6 Å². The Hall–Kier alpha value is -0.780. The second-order valence-electron chi connectivity index (χ2n) is 4.42. The molecular formula is C11H23N3O2S. The fourth-order valence-corrected chi connectivity index (χ4v) is 3.67. The minimum absolute atomic E-state index is 0.192. The molecule has 1 fully saturated rings. The molecule has 1 heterocycles. The fraction of sp³-hybridized carbons (Fsp3) is 0.909. The monoisotopic (exact) mass is 261 g/mol. The molecule has 0 aromatic carbocycles. The van der Waals surface area contributed by atoms with Gasteiger partial charge in [0, 0.05) is 19.6 Å². The third-order valence-electron chi connectivity index (χ3n) is 2.72. The van der Waals surface area contributed by atoms with Gasteiger partial charge in [0.2, 0.25) is 0 Å². The predicted octanol–water partition coefficient (Wildman–Crippen LogP) is 0.386. The average Bonchev–Trinajstić information content (AvgIpc) is 2.62. The van der Waals surface area contributed by atoms with E-state index in [9.17, 15) is 8.42 Å². The third-order valence-corrected chi connectivity index (χ3v) is 4.56. The van der Waals surface area contributed by atoms with Gasteiger partial charge in [-0.15, -0.1) is 0 Å². The number of nitrogens with zero attached hydrogens (tertiary/aromatic N) is 1. The molecule has 0 aromatic heterocycles. The first-order valence-electron chi connectivity index (χ1n) is 6.30. The molecule has 0 aliphatic carbocycles. The number of hydrogen-bond acceptors (Lipinski definition) is 3. The molecule has 100 valence electrons. The van der Waals surface area contributed by atoms with Crippen molar-refractivity contribution in [2.24, 2.45) is 10.9 Å². The Morgan fingerprint density at radius 1 is 1.35 bits per heavy atom. The molecule has 1 atom stereocenters. The van der Waals surface area contributed by atoms with Gasteiger partial charge in [0.05, 0.1) is 11.5 Å². The maximum atomic E-state index is 11.3. The van der Waals surface area contributed by atoms with Gasteiger partial charge in [0.25, 0.3) is 0 Å². The molecule has 0 amide bonds. The lowest BCUT2D eigenvalue weighted by atomic mass is 10.1. The molecule has 0 spiro atoms. The molecule has 1 aliphatic heterocycles. The highest BCUT2D eigenvalue weighted by Gasteiger charge is 2.27. The van der Waals surface area contributed by atoms with Crippen LogP contribution in [0.3, 0.4) is 0 Å². The highest BCUT2D eigenvalue weighted by atomic mass is 32.2. The third kappa shape index (κ3) is 5.39. The lowest BCUT2D eigenvalue weighted by molar-refractivity contribution is 0.589. The summed E-state index contributed by atoms with van der Waals surface area (Å²) in [6, 6.07) is 0. The summed E-state index contributed by atoms with van der Waals surface area (Å²) < 4.78 is 22.6. The number of hydrogen-bond donors (Lipinski definition) is 2. The summed E-state index contributed by atoms with van der Waals surface area (Å²) in [5, 5.41) is 6.36. The van der Waals surface area contributed by atoms with Crippen molar-refractivity contribution in [2.45, 2.75) is 26.7 Å². The van der Waals surface area contributed by atoms with E-state index >= 15 is 0 Å². The Kier molecular flexibility index (Phi) is 5.74. The van der Waals surface area contributed by atoms with Crippen LogP contribution in [-0.2, 0) is 9.84 Å². The van der Waals surface area contributed by atoms with Crippen LogP contribution in [0.2, 0.25) is 0 Å². The zero-order valence-electron chi connectivity index (χ0n) is 10.7. The smallest absolute Gasteiger partial charge is 0.191 e. The van der Waals surface area contributed by atoms with E-state index in [0.717, 1.165) is 31.9 Å². The molecule has 2 N–H and O–H groups in total. The summed E-state index contributed by atoms with van der Waals surface area (Å²) >= 11 is 0. The SMILES string of the molecule is CCCNC(=NCC1CCS(=O)(=O)C1)NCC. The van der Waals surface area contributed by atoms with Crippen LogP contribution in [0.15, 0.2) is 4.99 Å². The maximum Gasteiger partial charge on any atom is 0.191 e. The van der Waals surface area contributed by atoms with E-state index in [1.165, 1.54) is 0 Å². The van der Waals surface area contributed by atoms with Gasteiger partial charge in [0.15, 0.2) is 15.8 Å². The van der Waals surface area contributed by atoms with E-state index in [2.05, 4.69) is 22.5 Å². The maximum absolute atomic E-state index is 11.3. The van der Waals surface area contributed by atoms with E-state index in [-0.39, 0.29) is 5.92 Å². The molecule has 1 saturated heterocycles. The number of aliphatic imine (C=N–C) groups is 1. The molecule has 5 nitrogen and oxygen atoms in total. The van der Waals surface area contributed by atoms with E-state index in [1.807, 2.05) is 6.92 Å². The van der Waals surface area contributed by atoms with Gasteiger partial charge in [0.1, 0.15) is 0 Å². The van der Waals surface area contributed by atoms with Crippen molar-refractivity contribution < 1.29 is 8.42 Å². The number of nitrogens with one attached hydrogen (secondary N) is 2. The minimum Gasteiger partial charge on any atom is -0.357 e. The first-order valence-corrected chi connectivity index (χ1v) is 8.12. The van der Waals surface area contributed by atoms with E-state index < -0.39 is 9.84 Å². The quantitative estimate of drug-likeness (QED) is 0.555. The predicted molar refractivity (Wildman–Crippen MR) is 71.0 cm³/mol. The second-order valence-corrected chi connectivity index (χ2v) is 6.64. The van der Waals surface area contributed by atoms with Crippen LogP contribution in [0.4, 0.5) is 0 Å². The first-order chi connectivity index (χ1) is 8.07. The Morgan fingerprint density at radius 3 is 2.65 bits per heavy atom. The molecule has 1 aliphatic rings.